The van der Waals surface area contributed by atoms with Gasteiger partial charge in [-0.2, -0.15) is 0 Å². The first-order chi connectivity index (χ1) is 9.13. The number of imide groups is 1. The molecule has 0 spiro atoms. The zero-order chi connectivity index (χ0) is 14.5. The van der Waals surface area contributed by atoms with Crippen LogP contribution in [-0.2, 0) is 4.79 Å². The lowest BCUT2D eigenvalue weighted by Crippen LogP contribution is -2.39. The molecule has 4 nitrogen and oxygen atoms in total. The Morgan fingerprint density at radius 3 is 1.84 bits per heavy atom. The minimum absolute atomic E-state index is 0.0951. The minimum atomic E-state index is -0.332. The van der Waals surface area contributed by atoms with E-state index < -0.39 is 0 Å². The number of hydrogen-bond acceptors (Lipinski definition) is 2. The summed E-state index contributed by atoms with van der Waals surface area (Å²) in [6.07, 6.45) is 11.5. The van der Waals surface area contributed by atoms with E-state index in [0.29, 0.717) is 6.42 Å². The molecule has 3 amide bonds. The van der Waals surface area contributed by atoms with Crippen molar-refractivity contribution in [2.75, 3.05) is 14.1 Å². The zero-order valence-corrected chi connectivity index (χ0v) is 12.8. The fourth-order valence-corrected chi connectivity index (χ4v) is 2.04. The molecule has 0 radical (unpaired) electrons. The fraction of sp³-hybridized carbons (Fsp3) is 0.867. The molecular weight excluding hydrogens is 240 g/mol. The molecule has 0 rings (SSSR count). The maximum atomic E-state index is 11.6. The van der Waals surface area contributed by atoms with E-state index in [1.54, 1.807) is 0 Å². The first-order valence-corrected chi connectivity index (χ1v) is 7.61. The highest BCUT2D eigenvalue weighted by molar-refractivity contribution is 5.93. The van der Waals surface area contributed by atoms with Gasteiger partial charge in [0.15, 0.2) is 0 Å². The normalized spacial score (nSPS) is 10.3. The minimum Gasteiger partial charge on any atom is -0.341 e. The number of amides is 3. The van der Waals surface area contributed by atoms with E-state index in [-0.39, 0.29) is 11.9 Å². The first-order valence-electron chi connectivity index (χ1n) is 7.61. The molecule has 4 heteroatoms. The molecule has 0 aromatic heterocycles. The fourth-order valence-electron chi connectivity index (χ4n) is 2.04. The summed E-state index contributed by atoms with van der Waals surface area (Å²) >= 11 is 0. The van der Waals surface area contributed by atoms with Gasteiger partial charge in [0.05, 0.1) is 0 Å². The molecule has 0 bridgehead atoms. The van der Waals surface area contributed by atoms with Crippen LogP contribution in [-0.4, -0.2) is 30.9 Å². The van der Waals surface area contributed by atoms with E-state index in [4.69, 9.17) is 0 Å². The number of carbonyl (C=O) groups excluding carboxylic acids is 2. The van der Waals surface area contributed by atoms with Crippen molar-refractivity contribution >= 4 is 11.9 Å². The molecule has 112 valence electrons. The maximum absolute atomic E-state index is 11.6. The number of rotatable bonds is 10. The summed E-state index contributed by atoms with van der Waals surface area (Å²) in [5.41, 5.74) is 0. The van der Waals surface area contributed by atoms with Crippen LogP contribution in [0, 0.1) is 0 Å². The van der Waals surface area contributed by atoms with Crippen LogP contribution in [0.3, 0.4) is 0 Å². The Morgan fingerprint density at radius 2 is 1.37 bits per heavy atom. The Hall–Kier alpha value is -1.06. The lowest BCUT2D eigenvalue weighted by molar-refractivity contribution is -0.127. The van der Waals surface area contributed by atoms with Gasteiger partial charge in [-0.25, -0.2) is 4.79 Å². The molecule has 19 heavy (non-hydrogen) atoms. The predicted octanol–water partition coefficient (Wildman–Crippen LogP) is 3.71. The molecule has 0 atom stereocenters. The van der Waals surface area contributed by atoms with Crippen molar-refractivity contribution in [2.45, 2.75) is 71.1 Å². The topological polar surface area (TPSA) is 49.4 Å². The second-order valence-corrected chi connectivity index (χ2v) is 5.09. The van der Waals surface area contributed by atoms with E-state index in [0.717, 1.165) is 17.7 Å². The van der Waals surface area contributed by atoms with Gasteiger partial charge in [0.2, 0.25) is 5.91 Å². The molecular formula is C15H30N2O2. The third-order valence-corrected chi connectivity index (χ3v) is 3.39. The molecule has 0 aliphatic rings. The summed E-state index contributed by atoms with van der Waals surface area (Å²) in [4.78, 5) is 24.0. The molecule has 0 saturated carbocycles. The van der Waals surface area contributed by atoms with Crippen molar-refractivity contribution in [3.63, 3.8) is 0 Å². The SMILES string of the molecule is CCCCCCCCCCCC(=O)N(C)C(=O)NC. The van der Waals surface area contributed by atoms with Gasteiger partial charge in [-0.05, 0) is 6.42 Å². The second kappa shape index (κ2) is 12.0. The quantitative estimate of drug-likeness (QED) is 0.615. The van der Waals surface area contributed by atoms with Crippen LogP contribution in [0.25, 0.3) is 0 Å². The van der Waals surface area contributed by atoms with Crippen LogP contribution in [0.1, 0.15) is 71.1 Å². The van der Waals surface area contributed by atoms with Gasteiger partial charge in [-0.1, -0.05) is 58.3 Å². The number of urea groups is 1. The van der Waals surface area contributed by atoms with Crippen LogP contribution in [0.5, 0.6) is 0 Å². The van der Waals surface area contributed by atoms with Crippen molar-refractivity contribution in [1.29, 1.82) is 0 Å². The number of unbranched alkanes of at least 4 members (excludes halogenated alkanes) is 8. The number of carbonyl (C=O) groups is 2. The number of nitrogens with one attached hydrogen (secondary N) is 1. The lowest BCUT2D eigenvalue weighted by atomic mass is 10.1. The number of nitrogens with zero attached hydrogens (tertiary/aromatic N) is 1. The molecule has 0 heterocycles. The number of hydrogen-bond donors (Lipinski definition) is 1. The Kier molecular flexibility index (Phi) is 11.3. The second-order valence-electron chi connectivity index (χ2n) is 5.09. The van der Waals surface area contributed by atoms with Gasteiger partial charge < -0.3 is 5.32 Å². The molecule has 0 aliphatic carbocycles. The van der Waals surface area contributed by atoms with E-state index in [1.165, 1.54) is 59.0 Å². The van der Waals surface area contributed by atoms with Gasteiger partial charge in [0.25, 0.3) is 0 Å². The average molecular weight is 270 g/mol. The summed E-state index contributed by atoms with van der Waals surface area (Å²) < 4.78 is 0. The maximum Gasteiger partial charge on any atom is 0.323 e. The van der Waals surface area contributed by atoms with Gasteiger partial charge >= 0.3 is 6.03 Å². The standard InChI is InChI=1S/C15H30N2O2/c1-4-5-6-7-8-9-10-11-12-13-14(18)17(3)15(19)16-2/h4-13H2,1-3H3,(H,16,19). The van der Waals surface area contributed by atoms with Crippen LogP contribution < -0.4 is 5.32 Å². The molecule has 0 aromatic carbocycles. The Bertz CT molecular complexity index is 255. The monoisotopic (exact) mass is 270 g/mol. The third kappa shape index (κ3) is 9.51. The van der Waals surface area contributed by atoms with Crippen molar-refractivity contribution in [3.05, 3.63) is 0 Å². The molecule has 0 fully saturated rings. The summed E-state index contributed by atoms with van der Waals surface area (Å²) in [7, 11) is 3.06. The van der Waals surface area contributed by atoms with Crippen LogP contribution in [0.4, 0.5) is 4.79 Å². The first kappa shape index (κ1) is 17.9. The predicted molar refractivity (Wildman–Crippen MR) is 79.1 cm³/mol. The van der Waals surface area contributed by atoms with Crippen LogP contribution in [0.15, 0.2) is 0 Å². The van der Waals surface area contributed by atoms with Crippen molar-refractivity contribution in [1.82, 2.24) is 10.2 Å². The Labute approximate surface area is 117 Å². The van der Waals surface area contributed by atoms with Gasteiger partial charge in [-0.15, -0.1) is 0 Å². The van der Waals surface area contributed by atoms with E-state index in [1.807, 2.05) is 0 Å². The van der Waals surface area contributed by atoms with Gasteiger partial charge in [-0.3, -0.25) is 9.69 Å². The molecule has 1 N–H and O–H groups in total. The van der Waals surface area contributed by atoms with Crippen LogP contribution >= 0.6 is 0 Å². The molecule has 0 aliphatic heterocycles. The zero-order valence-electron chi connectivity index (χ0n) is 12.8. The molecule has 0 saturated heterocycles. The molecule has 0 aromatic rings. The average Bonchev–Trinajstić information content (AvgIpc) is 2.43. The van der Waals surface area contributed by atoms with E-state index in [2.05, 4.69) is 12.2 Å². The molecule has 0 unspecified atom stereocenters. The third-order valence-electron chi connectivity index (χ3n) is 3.39. The highest BCUT2D eigenvalue weighted by Crippen LogP contribution is 2.10. The van der Waals surface area contributed by atoms with Gasteiger partial charge in [0, 0.05) is 20.5 Å². The van der Waals surface area contributed by atoms with Crippen molar-refractivity contribution in [2.24, 2.45) is 0 Å². The van der Waals surface area contributed by atoms with Crippen molar-refractivity contribution in [3.8, 4) is 0 Å². The largest absolute Gasteiger partial charge is 0.341 e. The highest BCUT2D eigenvalue weighted by Gasteiger charge is 2.13. The summed E-state index contributed by atoms with van der Waals surface area (Å²) in [6.45, 7) is 2.23. The highest BCUT2D eigenvalue weighted by atomic mass is 16.2. The summed E-state index contributed by atoms with van der Waals surface area (Å²) in [5.74, 6) is -0.0951. The van der Waals surface area contributed by atoms with Crippen LogP contribution in [0.2, 0.25) is 0 Å². The van der Waals surface area contributed by atoms with Gasteiger partial charge in [0.1, 0.15) is 0 Å². The van der Waals surface area contributed by atoms with Crippen molar-refractivity contribution < 1.29 is 9.59 Å². The Balaban J connectivity index is 3.39. The summed E-state index contributed by atoms with van der Waals surface area (Å²) in [5, 5.41) is 2.45. The van der Waals surface area contributed by atoms with E-state index >= 15 is 0 Å². The summed E-state index contributed by atoms with van der Waals surface area (Å²) in [6, 6.07) is -0.332. The van der Waals surface area contributed by atoms with E-state index in [9.17, 15) is 9.59 Å². The lowest BCUT2D eigenvalue weighted by Gasteiger charge is -2.14. The smallest absolute Gasteiger partial charge is 0.323 e. The Morgan fingerprint density at radius 1 is 0.895 bits per heavy atom.